The highest BCUT2D eigenvalue weighted by Crippen LogP contribution is 2.28. The summed E-state index contributed by atoms with van der Waals surface area (Å²) in [6.45, 7) is 3.69. The number of carbonyl (C=O) groups is 1. The zero-order valence-electron chi connectivity index (χ0n) is 14.4. The maximum atomic E-state index is 12.9. The molecule has 0 aromatic carbocycles. The minimum absolute atomic E-state index is 0.0158. The van der Waals surface area contributed by atoms with Crippen molar-refractivity contribution < 1.29 is 9.53 Å². The molecule has 7 nitrogen and oxygen atoms in total. The molecule has 7 heteroatoms. The molecule has 0 radical (unpaired) electrons. The molecule has 0 spiro atoms. The molecule has 0 bridgehead atoms. The van der Waals surface area contributed by atoms with Crippen LogP contribution in [0.25, 0.3) is 5.82 Å². The van der Waals surface area contributed by atoms with Gasteiger partial charge in [-0.15, -0.1) is 0 Å². The van der Waals surface area contributed by atoms with Crippen molar-refractivity contribution in [2.24, 2.45) is 0 Å². The summed E-state index contributed by atoms with van der Waals surface area (Å²) in [5.41, 5.74) is -0.402. The molecule has 0 unspecified atom stereocenters. The highest BCUT2D eigenvalue weighted by molar-refractivity contribution is 5.88. The van der Waals surface area contributed by atoms with Crippen LogP contribution in [-0.2, 0) is 4.74 Å². The minimum atomic E-state index is -0.722. The van der Waals surface area contributed by atoms with Crippen molar-refractivity contribution in [1.82, 2.24) is 14.1 Å². The van der Waals surface area contributed by atoms with Crippen LogP contribution in [0.2, 0.25) is 0 Å². The van der Waals surface area contributed by atoms with Crippen LogP contribution in [0.4, 0.5) is 0 Å². The lowest BCUT2D eigenvalue weighted by Gasteiger charge is -2.17. The van der Waals surface area contributed by atoms with Crippen LogP contribution in [-0.4, -0.2) is 26.7 Å². The number of hydrogen-bond donors (Lipinski definition) is 0. The van der Waals surface area contributed by atoms with Gasteiger partial charge in [0.05, 0.1) is 6.61 Å². The number of aryl methyl sites for hydroxylation is 1. The molecule has 0 amide bonds. The molecule has 1 aliphatic rings. The Bertz CT molecular complexity index is 890. The highest BCUT2D eigenvalue weighted by atomic mass is 16.5. The molecule has 2 aromatic heterocycles. The van der Waals surface area contributed by atoms with Gasteiger partial charge in [-0.05, 0) is 38.3 Å². The van der Waals surface area contributed by atoms with Crippen LogP contribution in [0.3, 0.4) is 0 Å². The van der Waals surface area contributed by atoms with Gasteiger partial charge in [0.15, 0.2) is 0 Å². The van der Waals surface area contributed by atoms with E-state index in [1.807, 2.05) is 6.92 Å². The van der Waals surface area contributed by atoms with E-state index in [4.69, 9.17) is 4.74 Å². The summed E-state index contributed by atoms with van der Waals surface area (Å²) in [6.07, 6.45) is 6.67. The van der Waals surface area contributed by atoms with Crippen molar-refractivity contribution in [3.8, 4) is 5.82 Å². The summed E-state index contributed by atoms with van der Waals surface area (Å²) in [6, 6.07) is 3.36. The number of aromatic nitrogens is 3. The smallest absolute Gasteiger partial charge is 0.345 e. The van der Waals surface area contributed by atoms with Gasteiger partial charge in [0.2, 0.25) is 0 Å². The Morgan fingerprint density at radius 3 is 2.60 bits per heavy atom. The second-order valence-electron chi connectivity index (χ2n) is 6.23. The quantitative estimate of drug-likeness (QED) is 0.793. The largest absolute Gasteiger partial charge is 0.462 e. The van der Waals surface area contributed by atoms with Crippen LogP contribution in [0, 0.1) is 6.92 Å². The Morgan fingerprint density at radius 1 is 1.28 bits per heavy atom. The van der Waals surface area contributed by atoms with Gasteiger partial charge in [-0.1, -0.05) is 18.9 Å². The summed E-state index contributed by atoms with van der Waals surface area (Å²) in [5, 5.41) is 0. The Labute approximate surface area is 144 Å². The predicted molar refractivity (Wildman–Crippen MR) is 92.3 cm³/mol. The van der Waals surface area contributed by atoms with Gasteiger partial charge in [0.25, 0.3) is 5.56 Å². The van der Waals surface area contributed by atoms with Gasteiger partial charge in [-0.3, -0.25) is 9.36 Å². The van der Waals surface area contributed by atoms with E-state index in [0.29, 0.717) is 0 Å². The number of pyridine rings is 1. The fourth-order valence-corrected chi connectivity index (χ4v) is 3.16. The third-order valence-corrected chi connectivity index (χ3v) is 4.45. The van der Waals surface area contributed by atoms with Crippen molar-refractivity contribution in [3.63, 3.8) is 0 Å². The van der Waals surface area contributed by atoms with Gasteiger partial charge in [0.1, 0.15) is 11.4 Å². The first kappa shape index (κ1) is 17.1. The van der Waals surface area contributed by atoms with Gasteiger partial charge in [-0.25, -0.2) is 19.1 Å². The maximum Gasteiger partial charge on any atom is 0.345 e. The van der Waals surface area contributed by atoms with E-state index in [1.54, 1.807) is 25.3 Å². The second-order valence-corrected chi connectivity index (χ2v) is 6.23. The van der Waals surface area contributed by atoms with Crippen molar-refractivity contribution in [3.05, 3.63) is 56.5 Å². The number of hydrogen-bond acceptors (Lipinski definition) is 5. The van der Waals surface area contributed by atoms with E-state index >= 15 is 0 Å². The average Bonchev–Trinajstić information content (AvgIpc) is 3.11. The number of carbonyl (C=O) groups excluding carboxylic acids is 1. The van der Waals surface area contributed by atoms with E-state index in [0.717, 1.165) is 35.8 Å². The number of nitrogens with zero attached hydrogens (tertiary/aromatic N) is 3. The molecule has 1 fully saturated rings. The molecule has 0 N–H and O–H groups in total. The van der Waals surface area contributed by atoms with Crippen LogP contribution in [0.1, 0.15) is 54.6 Å². The molecule has 25 heavy (non-hydrogen) atoms. The van der Waals surface area contributed by atoms with Gasteiger partial charge in [0, 0.05) is 18.4 Å². The zero-order valence-corrected chi connectivity index (χ0v) is 14.4. The molecule has 2 heterocycles. The fourth-order valence-electron chi connectivity index (χ4n) is 3.16. The van der Waals surface area contributed by atoms with Crippen molar-refractivity contribution in [2.45, 2.75) is 45.6 Å². The number of ether oxygens (including phenoxy) is 1. The number of rotatable bonds is 4. The third kappa shape index (κ3) is 3.26. The lowest BCUT2D eigenvalue weighted by Crippen LogP contribution is -2.43. The summed E-state index contributed by atoms with van der Waals surface area (Å²) < 4.78 is 7.44. The normalized spacial score (nSPS) is 14.6. The highest BCUT2D eigenvalue weighted by Gasteiger charge is 2.25. The lowest BCUT2D eigenvalue weighted by atomic mass is 10.2. The van der Waals surface area contributed by atoms with Crippen LogP contribution >= 0.6 is 0 Å². The number of esters is 1. The second kappa shape index (κ2) is 7.04. The SMILES string of the molecule is CCOC(=O)c1cn(C2CCCC2)c(=O)n(-c2ccc(C)cn2)c1=O. The first-order valence-electron chi connectivity index (χ1n) is 8.51. The maximum absolute atomic E-state index is 12.9. The Kier molecular flexibility index (Phi) is 4.83. The monoisotopic (exact) mass is 343 g/mol. The predicted octanol–water partition coefficient (Wildman–Crippen LogP) is 1.99. The molecule has 1 saturated carbocycles. The van der Waals surface area contributed by atoms with E-state index in [-0.39, 0.29) is 24.0 Å². The first-order valence-corrected chi connectivity index (χ1v) is 8.51. The van der Waals surface area contributed by atoms with Crippen molar-refractivity contribution in [1.29, 1.82) is 0 Å². The topological polar surface area (TPSA) is 83.2 Å². The molecular formula is C18H21N3O4. The Hall–Kier alpha value is -2.70. The molecule has 0 aliphatic heterocycles. The third-order valence-electron chi connectivity index (χ3n) is 4.45. The zero-order chi connectivity index (χ0) is 18.0. The molecule has 2 aromatic rings. The van der Waals surface area contributed by atoms with E-state index in [2.05, 4.69) is 4.98 Å². The standard InChI is InChI=1S/C18H21N3O4/c1-3-25-17(23)14-11-20(13-6-4-5-7-13)18(24)21(16(14)22)15-9-8-12(2)10-19-15/h8-11,13H,3-7H2,1-2H3. The van der Waals surface area contributed by atoms with Crippen molar-refractivity contribution >= 4 is 5.97 Å². The molecule has 0 atom stereocenters. The summed E-state index contributed by atoms with van der Waals surface area (Å²) in [4.78, 5) is 42.1. The average molecular weight is 343 g/mol. The van der Waals surface area contributed by atoms with Crippen LogP contribution < -0.4 is 11.2 Å². The van der Waals surface area contributed by atoms with Crippen molar-refractivity contribution in [2.75, 3.05) is 6.61 Å². The fraction of sp³-hybridized carbons (Fsp3) is 0.444. The molecular weight excluding hydrogens is 322 g/mol. The van der Waals surface area contributed by atoms with E-state index in [1.165, 1.54) is 10.8 Å². The molecule has 1 aliphatic carbocycles. The molecule has 3 rings (SSSR count). The van der Waals surface area contributed by atoms with Crippen LogP contribution in [0.15, 0.2) is 34.1 Å². The summed E-state index contributed by atoms with van der Waals surface area (Å²) in [5.74, 6) is -0.515. The van der Waals surface area contributed by atoms with E-state index in [9.17, 15) is 14.4 Å². The molecule has 132 valence electrons. The minimum Gasteiger partial charge on any atom is -0.462 e. The van der Waals surface area contributed by atoms with Gasteiger partial charge < -0.3 is 4.74 Å². The van der Waals surface area contributed by atoms with E-state index < -0.39 is 17.2 Å². The summed E-state index contributed by atoms with van der Waals surface area (Å²) >= 11 is 0. The first-order chi connectivity index (χ1) is 12.0. The molecule has 0 saturated heterocycles. The summed E-state index contributed by atoms with van der Waals surface area (Å²) in [7, 11) is 0. The van der Waals surface area contributed by atoms with Gasteiger partial charge in [-0.2, -0.15) is 0 Å². The Morgan fingerprint density at radius 2 is 2.00 bits per heavy atom. The van der Waals surface area contributed by atoms with Crippen LogP contribution in [0.5, 0.6) is 0 Å². The Balaban J connectivity index is 2.24. The lowest BCUT2D eigenvalue weighted by molar-refractivity contribution is 0.0522. The van der Waals surface area contributed by atoms with Gasteiger partial charge >= 0.3 is 11.7 Å².